The minimum absolute atomic E-state index is 0.0226. The van der Waals surface area contributed by atoms with Gasteiger partial charge in [-0.3, -0.25) is 14.1 Å². The van der Waals surface area contributed by atoms with Crippen LogP contribution in [0.25, 0.3) is 0 Å². The summed E-state index contributed by atoms with van der Waals surface area (Å²) in [5.41, 5.74) is -0.619. The highest BCUT2D eigenvalue weighted by molar-refractivity contribution is 9.11. The molecule has 172 valence electrons. The van der Waals surface area contributed by atoms with Crippen molar-refractivity contribution in [1.29, 1.82) is 0 Å². The van der Waals surface area contributed by atoms with Gasteiger partial charge in [-0.05, 0) is 76.2 Å². The number of fused-ring (bicyclic) bond motifs is 2. The van der Waals surface area contributed by atoms with Crippen molar-refractivity contribution in [2.45, 2.75) is 19.4 Å². The van der Waals surface area contributed by atoms with Gasteiger partial charge in [0.1, 0.15) is 21.7 Å². The first kappa shape index (κ1) is 25.6. The van der Waals surface area contributed by atoms with Gasteiger partial charge in [-0.25, -0.2) is 4.18 Å². The lowest BCUT2D eigenvalue weighted by atomic mass is 9.81. The van der Waals surface area contributed by atoms with E-state index in [0.717, 1.165) is 0 Å². The van der Waals surface area contributed by atoms with Gasteiger partial charge in [-0.15, -0.1) is 0 Å². The van der Waals surface area contributed by atoms with Crippen molar-refractivity contribution in [3.63, 3.8) is 0 Å². The van der Waals surface area contributed by atoms with E-state index in [4.69, 9.17) is 9.29 Å². The van der Waals surface area contributed by atoms with Crippen molar-refractivity contribution in [3.8, 4) is 17.2 Å². The SMILES string of the molecule is COc1c(Br)c(O)c(Br)c2c1C(=O)c1c(O)c(Br)c(CC(C)OS(=O)(=O)O)c(Br)c1C2=O. The van der Waals surface area contributed by atoms with Crippen molar-refractivity contribution in [3.05, 3.63) is 45.7 Å². The molecule has 9 nitrogen and oxygen atoms in total. The quantitative estimate of drug-likeness (QED) is 0.320. The van der Waals surface area contributed by atoms with Crippen LogP contribution >= 0.6 is 63.7 Å². The Kier molecular flexibility index (Phi) is 7.17. The summed E-state index contributed by atoms with van der Waals surface area (Å²) in [6.07, 6.45) is -1.25. The molecule has 3 rings (SSSR count). The lowest BCUT2D eigenvalue weighted by molar-refractivity contribution is 0.0972. The number of carbonyl (C=O) groups is 2. The fraction of sp³-hybridized carbons (Fsp3) is 0.222. The molecule has 32 heavy (non-hydrogen) atoms. The molecule has 0 aliphatic heterocycles. The number of hydrogen-bond acceptors (Lipinski definition) is 8. The number of ketones is 2. The molecule has 0 saturated heterocycles. The number of ether oxygens (including phenoxy) is 1. The van der Waals surface area contributed by atoms with Crippen LogP contribution in [0.2, 0.25) is 0 Å². The zero-order valence-electron chi connectivity index (χ0n) is 16.0. The minimum atomic E-state index is -4.74. The summed E-state index contributed by atoms with van der Waals surface area (Å²) in [5.74, 6) is -2.44. The van der Waals surface area contributed by atoms with Crippen LogP contribution in [-0.4, -0.2) is 48.0 Å². The van der Waals surface area contributed by atoms with Crippen molar-refractivity contribution in [2.75, 3.05) is 7.11 Å². The molecule has 0 amide bonds. The third kappa shape index (κ3) is 4.14. The van der Waals surface area contributed by atoms with E-state index in [-0.39, 0.29) is 63.6 Å². The number of rotatable bonds is 5. The molecule has 0 aromatic heterocycles. The first-order valence-corrected chi connectivity index (χ1v) is 13.0. The number of hydrogen-bond donors (Lipinski definition) is 3. The van der Waals surface area contributed by atoms with Gasteiger partial charge < -0.3 is 14.9 Å². The van der Waals surface area contributed by atoms with Crippen LogP contribution < -0.4 is 4.74 Å². The maximum atomic E-state index is 13.5. The van der Waals surface area contributed by atoms with Gasteiger partial charge in [0.2, 0.25) is 5.78 Å². The number of phenols is 2. The highest BCUT2D eigenvalue weighted by atomic mass is 79.9. The van der Waals surface area contributed by atoms with E-state index in [0.29, 0.717) is 0 Å². The molecule has 2 aromatic carbocycles. The van der Waals surface area contributed by atoms with Gasteiger partial charge in [0.05, 0.1) is 44.4 Å². The molecule has 1 atom stereocenters. The Labute approximate surface area is 215 Å². The summed E-state index contributed by atoms with van der Waals surface area (Å²) in [5, 5.41) is 21.2. The largest absolute Gasteiger partial charge is 0.506 e. The number of phenolic OH excluding ortho intramolecular Hbond substituents is 2. The van der Waals surface area contributed by atoms with Crippen LogP contribution in [0.1, 0.15) is 44.3 Å². The number of aromatic hydroxyl groups is 2. The van der Waals surface area contributed by atoms with E-state index in [1.807, 2.05) is 0 Å². The van der Waals surface area contributed by atoms with Crippen LogP contribution in [0, 0.1) is 0 Å². The van der Waals surface area contributed by atoms with Crippen LogP contribution in [0.4, 0.5) is 0 Å². The zero-order chi connectivity index (χ0) is 24.3. The molecule has 0 saturated carbocycles. The Morgan fingerprint density at radius 3 is 1.91 bits per heavy atom. The average Bonchev–Trinajstić information content (AvgIpc) is 2.68. The van der Waals surface area contributed by atoms with E-state index in [1.54, 1.807) is 0 Å². The van der Waals surface area contributed by atoms with Crippen LogP contribution in [-0.2, 0) is 21.0 Å². The predicted molar refractivity (Wildman–Crippen MR) is 126 cm³/mol. The second kappa shape index (κ2) is 8.96. The Hall–Kier alpha value is -1.03. The van der Waals surface area contributed by atoms with Gasteiger partial charge in [0.15, 0.2) is 5.78 Å². The van der Waals surface area contributed by atoms with Crippen molar-refractivity contribution >= 4 is 85.7 Å². The number of methoxy groups -OCH3 is 1. The van der Waals surface area contributed by atoms with Crippen LogP contribution in [0.15, 0.2) is 17.9 Å². The number of carbonyl (C=O) groups excluding carboxylic acids is 2. The summed E-state index contributed by atoms with van der Waals surface area (Å²) in [6, 6.07) is 0. The summed E-state index contributed by atoms with van der Waals surface area (Å²) in [7, 11) is -3.49. The summed E-state index contributed by atoms with van der Waals surface area (Å²) in [6.45, 7) is 1.35. The van der Waals surface area contributed by atoms with E-state index < -0.39 is 33.8 Å². The molecule has 0 bridgehead atoms. The van der Waals surface area contributed by atoms with E-state index in [1.165, 1.54) is 14.0 Å². The lowest BCUT2D eigenvalue weighted by Gasteiger charge is -2.26. The molecule has 1 aliphatic carbocycles. The highest BCUT2D eigenvalue weighted by Gasteiger charge is 2.41. The molecule has 3 N–H and O–H groups in total. The Bertz CT molecular complexity index is 1300. The Balaban J connectivity index is 2.31. The van der Waals surface area contributed by atoms with Crippen molar-refractivity contribution in [2.24, 2.45) is 0 Å². The molecule has 0 radical (unpaired) electrons. The number of benzene rings is 2. The molecule has 14 heteroatoms. The standard InChI is InChI=1S/C18H12Br4O9S/c1-4(31-32(27,28)29)3-5-10(19)6-8(16(25)11(5)20)15(24)9-7(14(6)23)12(21)17(26)13(22)18(9)30-2/h4,25-26H,3H2,1-2H3,(H,27,28,29). The molecule has 1 unspecified atom stereocenters. The van der Waals surface area contributed by atoms with Crippen molar-refractivity contribution < 1.29 is 41.7 Å². The third-order valence-electron chi connectivity index (χ3n) is 4.65. The molecule has 0 heterocycles. The predicted octanol–water partition coefficient (Wildman–Crippen LogP) is 4.68. The highest BCUT2D eigenvalue weighted by Crippen LogP contribution is 2.52. The molecular formula is C18H12Br4O9S. The first-order valence-electron chi connectivity index (χ1n) is 8.48. The van der Waals surface area contributed by atoms with E-state index >= 15 is 0 Å². The van der Waals surface area contributed by atoms with E-state index in [2.05, 4.69) is 67.9 Å². The summed E-state index contributed by atoms with van der Waals surface area (Å²) in [4.78, 5) is 26.9. The molecular weight excluding hydrogens is 712 g/mol. The fourth-order valence-corrected chi connectivity index (χ4v) is 6.84. The molecule has 1 aliphatic rings. The molecule has 0 spiro atoms. The summed E-state index contributed by atoms with van der Waals surface area (Å²) < 4.78 is 40.8. The smallest absolute Gasteiger partial charge is 0.397 e. The topological polar surface area (TPSA) is 147 Å². The van der Waals surface area contributed by atoms with Crippen LogP contribution in [0.5, 0.6) is 17.2 Å². The zero-order valence-corrected chi connectivity index (χ0v) is 23.2. The van der Waals surface area contributed by atoms with Gasteiger partial charge in [0, 0.05) is 10.9 Å². The Morgan fingerprint density at radius 1 is 0.844 bits per heavy atom. The maximum Gasteiger partial charge on any atom is 0.397 e. The lowest BCUT2D eigenvalue weighted by Crippen LogP contribution is -2.25. The number of halogens is 4. The average molecular weight is 724 g/mol. The van der Waals surface area contributed by atoms with Gasteiger partial charge in [-0.2, -0.15) is 8.42 Å². The normalized spacial score (nSPS) is 14.2. The molecule has 0 fully saturated rings. The third-order valence-corrected chi connectivity index (χ3v) is 8.45. The monoisotopic (exact) mass is 720 g/mol. The Morgan fingerprint density at radius 2 is 1.38 bits per heavy atom. The van der Waals surface area contributed by atoms with Crippen LogP contribution in [0.3, 0.4) is 0 Å². The van der Waals surface area contributed by atoms with Gasteiger partial charge >= 0.3 is 10.4 Å². The molecule has 2 aromatic rings. The van der Waals surface area contributed by atoms with Gasteiger partial charge in [0.25, 0.3) is 0 Å². The second-order valence-electron chi connectivity index (χ2n) is 6.66. The first-order chi connectivity index (χ1) is 14.7. The van der Waals surface area contributed by atoms with Gasteiger partial charge in [-0.1, -0.05) is 0 Å². The maximum absolute atomic E-state index is 13.5. The minimum Gasteiger partial charge on any atom is -0.506 e. The fourth-order valence-electron chi connectivity index (χ4n) is 3.40. The van der Waals surface area contributed by atoms with E-state index in [9.17, 15) is 28.2 Å². The van der Waals surface area contributed by atoms with Crippen molar-refractivity contribution in [1.82, 2.24) is 0 Å². The summed E-state index contributed by atoms with van der Waals surface area (Å²) >= 11 is 12.7. The second-order valence-corrected chi connectivity index (χ2v) is 10.9.